The van der Waals surface area contributed by atoms with E-state index in [-0.39, 0.29) is 12.5 Å². The van der Waals surface area contributed by atoms with Crippen LogP contribution in [0.1, 0.15) is 29.5 Å². The summed E-state index contributed by atoms with van der Waals surface area (Å²) in [7, 11) is 3.65. The van der Waals surface area contributed by atoms with Crippen LogP contribution in [0.5, 0.6) is 5.75 Å². The number of amides is 1. The molecule has 2 aromatic carbocycles. The van der Waals surface area contributed by atoms with Crippen molar-refractivity contribution in [1.82, 2.24) is 15.5 Å². The lowest BCUT2D eigenvalue weighted by atomic mass is 10.2. The number of aromatic nitrogens is 2. The van der Waals surface area contributed by atoms with Crippen LogP contribution in [0, 0.1) is 0 Å². The first-order valence-electron chi connectivity index (χ1n) is 9.17. The van der Waals surface area contributed by atoms with Crippen LogP contribution in [-0.4, -0.2) is 36.8 Å². The van der Waals surface area contributed by atoms with Gasteiger partial charge in [0.2, 0.25) is 0 Å². The molecule has 7 heteroatoms. The third-order valence-corrected chi connectivity index (χ3v) is 4.34. The van der Waals surface area contributed by atoms with Crippen LogP contribution < -0.4 is 15.0 Å². The molecule has 28 heavy (non-hydrogen) atoms. The molecule has 0 unspecified atom stereocenters. The van der Waals surface area contributed by atoms with Crippen molar-refractivity contribution in [2.24, 2.45) is 0 Å². The highest BCUT2D eigenvalue weighted by Crippen LogP contribution is 2.20. The van der Waals surface area contributed by atoms with Gasteiger partial charge in [-0.2, -0.15) is 4.98 Å². The van der Waals surface area contributed by atoms with Crippen LogP contribution in [0.15, 0.2) is 53.1 Å². The summed E-state index contributed by atoms with van der Waals surface area (Å²) in [6, 6.07) is 14.8. The van der Waals surface area contributed by atoms with E-state index in [1.807, 2.05) is 55.6 Å². The van der Waals surface area contributed by atoms with Gasteiger partial charge in [0.1, 0.15) is 5.75 Å². The summed E-state index contributed by atoms with van der Waals surface area (Å²) in [5.41, 5.74) is 2.46. The number of anilines is 1. The standard InChI is InChI=1S/C21H24N4O3/c1-4-13-25(2)17-9-5-15(6-10-17)20(26)22-14-19-23-21(28-24-19)16-7-11-18(27-3)12-8-16/h5-12H,4,13-14H2,1-3H3,(H,22,26). The number of nitrogens with zero attached hydrogens (tertiary/aromatic N) is 3. The zero-order valence-electron chi connectivity index (χ0n) is 16.3. The number of carbonyl (C=O) groups excluding carboxylic acids is 1. The molecule has 0 radical (unpaired) electrons. The van der Waals surface area contributed by atoms with Crippen molar-refractivity contribution in [2.45, 2.75) is 19.9 Å². The minimum absolute atomic E-state index is 0.180. The molecule has 7 nitrogen and oxygen atoms in total. The van der Waals surface area contributed by atoms with E-state index >= 15 is 0 Å². The van der Waals surface area contributed by atoms with Crippen LogP contribution >= 0.6 is 0 Å². The van der Waals surface area contributed by atoms with Gasteiger partial charge in [-0.3, -0.25) is 4.79 Å². The first-order valence-corrected chi connectivity index (χ1v) is 9.17. The molecule has 0 saturated carbocycles. The highest BCUT2D eigenvalue weighted by atomic mass is 16.5. The van der Waals surface area contributed by atoms with E-state index in [4.69, 9.17) is 9.26 Å². The third-order valence-electron chi connectivity index (χ3n) is 4.34. The number of benzene rings is 2. The van der Waals surface area contributed by atoms with Crippen molar-refractivity contribution in [2.75, 3.05) is 25.6 Å². The molecule has 146 valence electrons. The van der Waals surface area contributed by atoms with Gasteiger partial charge in [-0.05, 0) is 55.0 Å². The highest BCUT2D eigenvalue weighted by Gasteiger charge is 2.11. The minimum Gasteiger partial charge on any atom is -0.497 e. The average molecular weight is 380 g/mol. The summed E-state index contributed by atoms with van der Waals surface area (Å²) in [5, 5.41) is 6.73. The fraction of sp³-hybridized carbons (Fsp3) is 0.286. The average Bonchev–Trinajstić information content (AvgIpc) is 3.21. The fourth-order valence-corrected chi connectivity index (χ4v) is 2.77. The molecule has 3 aromatic rings. The van der Waals surface area contributed by atoms with Crippen LogP contribution in [0.2, 0.25) is 0 Å². The zero-order chi connectivity index (χ0) is 19.9. The van der Waals surface area contributed by atoms with Gasteiger partial charge in [-0.25, -0.2) is 0 Å². The SMILES string of the molecule is CCCN(C)c1ccc(C(=O)NCc2noc(-c3ccc(OC)cc3)n2)cc1. The molecule has 0 aliphatic carbocycles. The summed E-state index contributed by atoms with van der Waals surface area (Å²) in [6.45, 7) is 3.30. The lowest BCUT2D eigenvalue weighted by molar-refractivity contribution is 0.0949. The Morgan fingerprint density at radius 3 is 2.50 bits per heavy atom. The van der Waals surface area contributed by atoms with Gasteiger partial charge in [0.15, 0.2) is 5.82 Å². The molecule has 0 aliphatic heterocycles. The molecule has 0 fully saturated rings. The Balaban J connectivity index is 1.58. The second-order valence-electron chi connectivity index (χ2n) is 6.40. The van der Waals surface area contributed by atoms with Gasteiger partial charge in [0, 0.05) is 30.4 Å². The quantitative estimate of drug-likeness (QED) is 0.644. The van der Waals surface area contributed by atoms with E-state index in [0.717, 1.165) is 30.0 Å². The smallest absolute Gasteiger partial charge is 0.257 e. The van der Waals surface area contributed by atoms with Crippen molar-refractivity contribution < 1.29 is 14.1 Å². The molecule has 0 bridgehead atoms. The van der Waals surface area contributed by atoms with Gasteiger partial charge in [0.05, 0.1) is 13.7 Å². The van der Waals surface area contributed by atoms with Crippen LogP contribution in [-0.2, 0) is 6.54 Å². The van der Waals surface area contributed by atoms with E-state index in [1.54, 1.807) is 7.11 Å². The van der Waals surface area contributed by atoms with Crippen LogP contribution in [0.4, 0.5) is 5.69 Å². The predicted octanol–water partition coefficient (Wildman–Crippen LogP) is 3.52. The Kier molecular flexibility index (Phi) is 6.26. The Morgan fingerprint density at radius 2 is 1.86 bits per heavy atom. The van der Waals surface area contributed by atoms with E-state index in [1.165, 1.54) is 0 Å². The fourth-order valence-electron chi connectivity index (χ4n) is 2.77. The zero-order valence-corrected chi connectivity index (χ0v) is 16.3. The summed E-state index contributed by atoms with van der Waals surface area (Å²) >= 11 is 0. The molecule has 1 heterocycles. The molecule has 1 N–H and O–H groups in total. The molecule has 0 atom stereocenters. The lowest BCUT2D eigenvalue weighted by Gasteiger charge is -2.18. The molecule has 3 rings (SSSR count). The number of hydrogen-bond donors (Lipinski definition) is 1. The maximum absolute atomic E-state index is 12.3. The van der Waals surface area contributed by atoms with Gasteiger partial charge < -0.3 is 19.5 Å². The summed E-state index contributed by atoms with van der Waals surface area (Å²) < 4.78 is 10.4. The number of rotatable bonds is 8. The van der Waals surface area contributed by atoms with Crippen molar-refractivity contribution in [3.05, 3.63) is 59.9 Å². The number of ether oxygens (including phenoxy) is 1. The van der Waals surface area contributed by atoms with E-state index < -0.39 is 0 Å². The largest absolute Gasteiger partial charge is 0.497 e. The lowest BCUT2D eigenvalue weighted by Crippen LogP contribution is -2.23. The van der Waals surface area contributed by atoms with Crippen LogP contribution in [0.25, 0.3) is 11.5 Å². The summed E-state index contributed by atoms with van der Waals surface area (Å²) in [6.07, 6.45) is 1.07. The van der Waals surface area contributed by atoms with Crippen molar-refractivity contribution >= 4 is 11.6 Å². The third kappa shape index (κ3) is 4.68. The Bertz CT molecular complexity index is 904. The molecule has 1 amide bonds. The number of hydrogen-bond acceptors (Lipinski definition) is 6. The Hall–Kier alpha value is -3.35. The van der Waals surface area contributed by atoms with Crippen LogP contribution in [0.3, 0.4) is 0 Å². The summed E-state index contributed by atoms with van der Waals surface area (Å²) in [5.74, 6) is 1.39. The topological polar surface area (TPSA) is 80.5 Å². The number of carbonyl (C=O) groups is 1. The normalized spacial score (nSPS) is 10.5. The van der Waals surface area contributed by atoms with Crippen molar-refractivity contribution in [1.29, 1.82) is 0 Å². The molecule has 0 spiro atoms. The van der Waals surface area contributed by atoms with E-state index in [0.29, 0.717) is 17.3 Å². The second-order valence-corrected chi connectivity index (χ2v) is 6.40. The second kappa shape index (κ2) is 9.03. The Labute approximate surface area is 164 Å². The Morgan fingerprint density at radius 1 is 1.14 bits per heavy atom. The van der Waals surface area contributed by atoms with E-state index in [9.17, 15) is 4.79 Å². The molecular formula is C21H24N4O3. The van der Waals surface area contributed by atoms with Gasteiger partial charge in [-0.1, -0.05) is 12.1 Å². The minimum atomic E-state index is -0.180. The summed E-state index contributed by atoms with van der Waals surface area (Å²) in [4.78, 5) is 18.8. The monoisotopic (exact) mass is 380 g/mol. The first-order chi connectivity index (χ1) is 13.6. The number of methoxy groups -OCH3 is 1. The van der Waals surface area contributed by atoms with Gasteiger partial charge >= 0.3 is 0 Å². The van der Waals surface area contributed by atoms with Crippen molar-refractivity contribution in [3.8, 4) is 17.2 Å². The predicted molar refractivity (Wildman–Crippen MR) is 107 cm³/mol. The molecule has 0 saturated heterocycles. The van der Waals surface area contributed by atoms with E-state index in [2.05, 4.69) is 27.3 Å². The van der Waals surface area contributed by atoms with Gasteiger partial charge in [0.25, 0.3) is 11.8 Å². The van der Waals surface area contributed by atoms with Crippen molar-refractivity contribution in [3.63, 3.8) is 0 Å². The molecule has 0 aliphatic rings. The maximum atomic E-state index is 12.3. The highest BCUT2D eigenvalue weighted by molar-refractivity contribution is 5.94. The molecular weight excluding hydrogens is 356 g/mol. The molecule has 1 aromatic heterocycles. The number of nitrogens with one attached hydrogen (secondary N) is 1. The first kappa shape index (κ1) is 19.4. The van der Waals surface area contributed by atoms with Gasteiger partial charge in [-0.15, -0.1) is 0 Å². The maximum Gasteiger partial charge on any atom is 0.257 e.